The maximum Gasteiger partial charge on any atom is 0.316 e. The second kappa shape index (κ2) is 8.21. The third-order valence-corrected chi connectivity index (χ3v) is 4.20. The van der Waals surface area contributed by atoms with Gasteiger partial charge in [-0.25, -0.2) is 0 Å². The number of rotatable bonds is 8. The van der Waals surface area contributed by atoms with Gasteiger partial charge in [-0.05, 0) is 43.1 Å². The van der Waals surface area contributed by atoms with Crippen molar-refractivity contribution in [2.75, 3.05) is 7.11 Å². The second-order valence-corrected chi connectivity index (χ2v) is 6.80. The van der Waals surface area contributed by atoms with E-state index in [2.05, 4.69) is 39.8 Å². The Morgan fingerprint density at radius 3 is 1.86 bits per heavy atom. The first kappa shape index (κ1) is 17.7. The van der Waals surface area contributed by atoms with Gasteiger partial charge in [-0.15, -0.1) is 0 Å². The summed E-state index contributed by atoms with van der Waals surface area (Å²) >= 11 is 0. The lowest BCUT2D eigenvalue weighted by atomic mass is 9.71. The fraction of sp³-hybridized carbons (Fsp3) is 0.632. The second-order valence-electron chi connectivity index (χ2n) is 6.80. The van der Waals surface area contributed by atoms with Gasteiger partial charge in [0.25, 0.3) is 0 Å². The van der Waals surface area contributed by atoms with Crippen LogP contribution in [-0.2, 0) is 14.9 Å². The zero-order valence-electron chi connectivity index (χ0n) is 14.2. The summed E-state index contributed by atoms with van der Waals surface area (Å²) in [7, 11) is 1.50. The molecule has 0 radical (unpaired) electrons. The van der Waals surface area contributed by atoms with Gasteiger partial charge in [-0.2, -0.15) is 0 Å². The first-order chi connectivity index (χ1) is 9.92. The van der Waals surface area contributed by atoms with E-state index < -0.39 is 5.41 Å². The molecule has 0 aliphatic rings. The predicted molar refractivity (Wildman–Crippen MR) is 88.3 cm³/mol. The van der Waals surface area contributed by atoms with E-state index in [1.807, 2.05) is 18.2 Å². The zero-order valence-corrected chi connectivity index (χ0v) is 14.2. The molecule has 1 rings (SSSR count). The van der Waals surface area contributed by atoms with Gasteiger partial charge in [0, 0.05) is 0 Å². The smallest absolute Gasteiger partial charge is 0.316 e. The molecule has 118 valence electrons. The Labute approximate surface area is 129 Å². The Morgan fingerprint density at radius 2 is 1.48 bits per heavy atom. The molecule has 0 unspecified atom stereocenters. The van der Waals surface area contributed by atoms with Crippen LogP contribution in [0.3, 0.4) is 0 Å². The summed E-state index contributed by atoms with van der Waals surface area (Å²) in [6.45, 7) is 8.82. The molecule has 21 heavy (non-hydrogen) atoms. The van der Waals surface area contributed by atoms with E-state index in [-0.39, 0.29) is 5.97 Å². The van der Waals surface area contributed by atoms with Gasteiger partial charge in [0.1, 0.15) is 0 Å². The highest BCUT2D eigenvalue weighted by atomic mass is 16.5. The van der Waals surface area contributed by atoms with E-state index in [4.69, 9.17) is 4.74 Å². The average Bonchev–Trinajstić information content (AvgIpc) is 2.47. The van der Waals surface area contributed by atoms with E-state index in [1.165, 1.54) is 7.11 Å². The number of ether oxygens (including phenoxy) is 1. The molecule has 0 atom stereocenters. The maximum atomic E-state index is 12.6. The molecular weight excluding hydrogens is 260 g/mol. The Kier molecular flexibility index (Phi) is 6.94. The lowest BCUT2D eigenvalue weighted by Crippen LogP contribution is -2.37. The Bertz CT molecular complexity index is 408. The van der Waals surface area contributed by atoms with Gasteiger partial charge < -0.3 is 4.74 Å². The SMILES string of the molecule is COC(=O)C(CCC(C)C)(CCC(C)C)c1ccccc1. The van der Waals surface area contributed by atoms with Gasteiger partial charge >= 0.3 is 5.97 Å². The fourth-order valence-electron chi connectivity index (χ4n) is 2.76. The minimum Gasteiger partial charge on any atom is -0.468 e. The van der Waals surface area contributed by atoms with Crippen LogP contribution < -0.4 is 0 Å². The number of carbonyl (C=O) groups excluding carboxylic acids is 1. The Balaban J connectivity index is 3.16. The third-order valence-electron chi connectivity index (χ3n) is 4.20. The lowest BCUT2D eigenvalue weighted by molar-refractivity contribution is -0.148. The molecule has 0 fully saturated rings. The molecule has 0 N–H and O–H groups in total. The van der Waals surface area contributed by atoms with Gasteiger partial charge in [-0.1, -0.05) is 58.0 Å². The molecule has 0 aliphatic carbocycles. The minimum absolute atomic E-state index is 0.0880. The van der Waals surface area contributed by atoms with Gasteiger partial charge in [-0.3, -0.25) is 4.79 Å². The van der Waals surface area contributed by atoms with Gasteiger partial charge in [0.2, 0.25) is 0 Å². The standard InChI is InChI=1S/C19H30O2/c1-15(2)11-13-19(18(20)21-5,14-12-16(3)4)17-9-7-6-8-10-17/h6-10,15-16H,11-14H2,1-5H3. The number of esters is 1. The van der Waals surface area contributed by atoms with Crippen LogP contribution >= 0.6 is 0 Å². The van der Waals surface area contributed by atoms with E-state index in [0.29, 0.717) is 11.8 Å². The first-order valence-corrected chi connectivity index (χ1v) is 8.06. The predicted octanol–water partition coefficient (Wildman–Crippen LogP) is 4.97. The summed E-state index contributed by atoms with van der Waals surface area (Å²) in [6.07, 6.45) is 3.77. The van der Waals surface area contributed by atoms with Crippen molar-refractivity contribution in [1.29, 1.82) is 0 Å². The number of methoxy groups -OCH3 is 1. The van der Waals surface area contributed by atoms with Crippen molar-refractivity contribution in [3.05, 3.63) is 35.9 Å². The van der Waals surface area contributed by atoms with Crippen LogP contribution in [0.5, 0.6) is 0 Å². The Hall–Kier alpha value is -1.31. The molecule has 2 nitrogen and oxygen atoms in total. The topological polar surface area (TPSA) is 26.3 Å². The monoisotopic (exact) mass is 290 g/mol. The molecule has 0 aliphatic heterocycles. The van der Waals surface area contributed by atoms with E-state index in [1.54, 1.807) is 0 Å². The van der Waals surface area contributed by atoms with Crippen LogP contribution in [0, 0.1) is 11.8 Å². The van der Waals surface area contributed by atoms with Crippen LogP contribution in [0.25, 0.3) is 0 Å². The molecule has 2 heteroatoms. The van der Waals surface area contributed by atoms with Crippen LogP contribution in [0.2, 0.25) is 0 Å². The van der Waals surface area contributed by atoms with E-state index >= 15 is 0 Å². The van der Waals surface area contributed by atoms with Gasteiger partial charge in [0.05, 0.1) is 12.5 Å². The maximum absolute atomic E-state index is 12.6. The Morgan fingerprint density at radius 1 is 1.00 bits per heavy atom. The molecule has 0 saturated heterocycles. The van der Waals surface area contributed by atoms with Crippen molar-refractivity contribution < 1.29 is 9.53 Å². The molecule has 0 heterocycles. The highest BCUT2D eigenvalue weighted by molar-refractivity contribution is 5.83. The molecule has 0 amide bonds. The lowest BCUT2D eigenvalue weighted by Gasteiger charge is -2.33. The fourth-order valence-corrected chi connectivity index (χ4v) is 2.76. The largest absolute Gasteiger partial charge is 0.468 e. The summed E-state index contributed by atoms with van der Waals surface area (Å²) in [4.78, 5) is 12.6. The molecule has 1 aromatic rings. The normalized spacial score (nSPS) is 12.0. The van der Waals surface area contributed by atoms with Crippen LogP contribution in [0.15, 0.2) is 30.3 Å². The summed E-state index contributed by atoms with van der Waals surface area (Å²) in [5.41, 5.74) is 0.600. The van der Waals surface area contributed by atoms with Crippen molar-refractivity contribution >= 4 is 5.97 Å². The molecule has 0 spiro atoms. The van der Waals surface area contributed by atoms with Crippen molar-refractivity contribution in [2.45, 2.75) is 58.8 Å². The van der Waals surface area contributed by atoms with Crippen molar-refractivity contribution in [1.82, 2.24) is 0 Å². The zero-order chi connectivity index (χ0) is 15.9. The van der Waals surface area contributed by atoms with Gasteiger partial charge in [0.15, 0.2) is 0 Å². The number of hydrogen-bond donors (Lipinski definition) is 0. The summed E-state index contributed by atoms with van der Waals surface area (Å²) in [5.74, 6) is 1.07. The molecule has 1 aromatic carbocycles. The highest BCUT2D eigenvalue weighted by Gasteiger charge is 2.40. The van der Waals surface area contributed by atoms with Crippen LogP contribution in [-0.4, -0.2) is 13.1 Å². The van der Waals surface area contributed by atoms with Crippen molar-refractivity contribution in [3.8, 4) is 0 Å². The average molecular weight is 290 g/mol. The molecule has 0 saturated carbocycles. The summed E-state index contributed by atoms with van der Waals surface area (Å²) in [5, 5.41) is 0. The highest BCUT2D eigenvalue weighted by Crippen LogP contribution is 2.37. The number of hydrogen-bond acceptors (Lipinski definition) is 2. The van der Waals surface area contributed by atoms with Crippen LogP contribution in [0.1, 0.15) is 58.9 Å². The van der Waals surface area contributed by atoms with E-state index in [0.717, 1.165) is 31.2 Å². The van der Waals surface area contributed by atoms with Crippen molar-refractivity contribution in [3.63, 3.8) is 0 Å². The summed E-state index contributed by atoms with van der Waals surface area (Å²) in [6, 6.07) is 10.2. The molecule has 0 aromatic heterocycles. The van der Waals surface area contributed by atoms with Crippen molar-refractivity contribution in [2.24, 2.45) is 11.8 Å². The van der Waals surface area contributed by atoms with Crippen LogP contribution in [0.4, 0.5) is 0 Å². The number of benzene rings is 1. The summed E-state index contributed by atoms with van der Waals surface area (Å²) < 4.78 is 5.20. The third kappa shape index (κ3) is 4.87. The molecular formula is C19H30O2. The quantitative estimate of drug-likeness (QED) is 0.632. The molecule has 0 bridgehead atoms. The first-order valence-electron chi connectivity index (χ1n) is 8.06. The van der Waals surface area contributed by atoms with E-state index in [9.17, 15) is 4.79 Å². The minimum atomic E-state index is -0.495. The number of carbonyl (C=O) groups is 1.